The Kier molecular flexibility index (Phi) is 5.84. The summed E-state index contributed by atoms with van der Waals surface area (Å²) in [6.07, 6.45) is 0. The van der Waals surface area contributed by atoms with Crippen molar-refractivity contribution in [2.75, 3.05) is 13.2 Å². The zero-order valence-corrected chi connectivity index (χ0v) is 16.7. The number of ether oxygens (including phenoxy) is 1. The highest BCUT2D eigenvalue weighted by molar-refractivity contribution is 6.02. The number of fused-ring (bicyclic) bond motifs is 1. The quantitative estimate of drug-likeness (QED) is 0.589. The molecule has 0 fully saturated rings. The molecule has 4 heteroatoms. The summed E-state index contributed by atoms with van der Waals surface area (Å²) in [5.41, 5.74) is 4.02. The third-order valence-corrected chi connectivity index (χ3v) is 5.00. The molecule has 3 rings (SSSR count). The van der Waals surface area contributed by atoms with Gasteiger partial charge in [0.2, 0.25) is 0 Å². The normalized spacial score (nSPS) is 11.0. The number of hydrogen-bond acceptors (Lipinski definition) is 2. The van der Waals surface area contributed by atoms with Gasteiger partial charge in [-0.25, -0.2) is 0 Å². The van der Waals surface area contributed by atoms with E-state index in [1.54, 1.807) is 0 Å². The van der Waals surface area contributed by atoms with Gasteiger partial charge in [-0.1, -0.05) is 30.3 Å². The first-order valence-electron chi connectivity index (χ1n) is 9.69. The molecule has 3 aromatic rings. The zero-order chi connectivity index (χ0) is 19.4. The molecule has 4 nitrogen and oxygen atoms in total. The molecule has 0 saturated heterocycles. The second-order valence-corrected chi connectivity index (χ2v) is 6.63. The summed E-state index contributed by atoms with van der Waals surface area (Å²) in [6, 6.07) is 16.2. The SMILES string of the molecule is CCOc1ccc2c(c1)c(C)c(C(=O)N(CC)Cc1ccccc1)n2CC. The lowest BCUT2D eigenvalue weighted by Gasteiger charge is -2.22. The van der Waals surface area contributed by atoms with Gasteiger partial charge in [-0.2, -0.15) is 0 Å². The van der Waals surface area contributed by atoms with Crippen LogP contribution in [0.2, 0.25) is 0 Å². The van der Waals surface area contributed by atoms with Crippen LogP contribution in [-0.4, -0.2) is 28.5 Å². The lowest BCUT2D eigenvalue weighted by atomic mass is 10.1. The van der Waals surface area contributed by atoms with Crippen molar-refractivity contribution < 1.29 is 9.53 Å². The molecule has 1 aromatic heterocycles. The number of hydrogen-bond donors (Lipinski definition) is 0. The second kappa shape index (κ2) is 8.30. The molecular weight excluding hydrogens is 336 g/mol. The fourth-order valence-electron chi connectivity index (χ4n) is 3.64. The number of carbonyl (C=O) groups excluding carboxylic acids is 1. The van der Waals surface area contributed by atoms with Crippen LogP contribution >= 0.6 is 0 Å². The Balaban J connectivity index is 2.03. The average molecular weight is 364 g/mol. The van der Waals surface area contributed by atoms with Crippen LogP contribution in [0.1, 0.15) is 42.4 Å². The first-order valence-corrected chi connectivity index (χ1v) is 9.69. The number of rotatable bonds is 7. The first-order chi connectivity index (χ1) is 13.1. The van der Waals surface area contributed by atoms with Crippen molar-refractivity contribution in [3.63, 3.8) is 0 Å². The van der Waals surface area contributed by atoms with Crippen molar-refractivity contribution in [1.29, 1.82) is 0 Å². The van der Waals surface area contributed by atoms with Gasteiger partial charge in [-0.15, -0.1) is 0 Å². The molecule has 0 radical (unpaired) electrons. The fourth-order valence-corrected chi connectivity index (χ4v) is 3.64. The molecule has 142 valence electrons. The summed E-state index contributed by atoms with van der Waals surface area (Å²) in [6.45, 7) is 10.8. The molecule has 1 amide bonds. The van der Waals surface area contributed by atoms with E-state index in [4.69, 9.17) is 4.74 Å². The monoisotopic (exact) mass is 364 g/mol. The minimum absolute atomic E-state index is 0.0786. The Hall–Kier alpha value is -2.75. The fraction of sp³-hybridized carbons (Fsp3) is 0.348. The van der Waals surface area contributed by atoms with E-state index < -0.39 is 0 Å². The van der Waals surface area contributed by atoms with Crippen LogP contribution < -0.4 is 4.74 Å². The largest absolute Gasteiger partial charge is 0.494 e. The van der Waals surface area contributed by atoms with Gasteiger partial charge < -0.3 is 14.2 Å². The molecule has 0 bridgehead atoms. The summed E-state index contributed by atoms with van der Waals surface area (Å²) < 4.78 is 7.78. The van der Waals surface area contributed by atoms with Crippen molar-refractivity contribution in [2.24, 2.45) is 0 Å². The molecule has 0 N–H and O–H groups in total. The third kappa shape index (κ3) is 3.70. The summed E-state index contributed by atoms with van der Waals surface area (Å²) in [7, 11) is 0. The predicted octanol–water partition coefficient (Wildman–Crippen LogP) is 5.03. The summed E-state index contributed by atoms with van der Waals surface area (Å²) in [5.74, 6) is 0.923. The second-order valence-electron chi connectivity index (χ2n) is 6.63. The highest BCUT2D eigenvalue weighted by Crippen LogP contribution is 2.30. The van der Waals surface area contributed by atoms with Crippen molar-refractivity contribution >= 4 is 16.8 Å². The van der Waals surface area contributed by atoms with Gasteiger partial charge in [-0.05, 0) is 57.0 Å². The molecular formula is C23H28N2O2. The van der Waals surface area contributed by atoms with Crippen molar-refractivity contribution in [3.8, 4) is 5.75 Å². The molecule has 27 heavy (non-hydrogen) atoms. The topological polar surface area (TPSA) is 34.5 Å². The highest BCUT2D eigenvalue weighted by Gasteiger charge is 2.24. The van der Waals surface area contributed by atoms with Crippen molar-refractivity contribution in [3.05, 3.63) is 65.4 Å². The number of amides is 1. The number of carbonyl (C=O) groups is 1. The lowest BCUT2D eigenvalue weighted by molar-refractivity contribution is 0.0741. The van der Waals surface area contributed by atoms with Gasteiger partial charge in [0.25, 0.3) is 5.91 Å². The van der Waals surface area contributed by atoms with E-state index in [9.17, 15) is 4.79 Å². The van der Waals surface area contributed by atoms with E-state index >= 15 is 0 Å². The van der Waals surface area contributed by atoms with Gasteiger partial charge in [-0.3, -0.25) is 4.79 Å². The van der Waals surface area contributed by atoms with Crippen LogP contribution in [0.15, 0.2) is 48.5 Å². The Morgan fingerprint density at radius 3 is 2.44 bits per heavy atom. The molecule has 1 heterocycles. The summed E-state index contributed by atoms with van der Waals surface area (Å²) >= 11 is 0. The number of benzene rings is 2. The number of nitrogens with zero attached hydrogens (tertiary/aromatic N) is 2. The van der Waals surface area contributed by atoms with Crippen molar-refractivity contribution in [2.45, 2.75) is 40.8 Å². The first kappa shape index (κ1) is 19.0. The zero-order valence-electron chi connectivity index (χ0n) is 16.7. The maximum Gasteiger partial charge on any atom is 0.271 e. The molecule has 0 aliphatic heterocycles. The van der Waals surface area contributed by atoms with E-state index in [0.717, 1.165) is 40.0 Å². The molecule has 0 aliphatic carbocycles. The van der Waals surface area contributed by atoms with Crippen LogP contribution in [0.25, 0.3) is 10.9 Å². The number of aryl methyl sites for hydroxylation is 2. The summed E-state index contributed by atoms with van der Waals surface area (Å²) in [5, 5.41) is 1.09. The van der Waals surface area contributed by atoms with Crippen LogP contribution in [-0.2, 0) is 13.1 Å². The Morgan fingerprint density at radius 2 is 1.81 bits per heavy atom. The van der Waals surface area contributed by atoms with Gasteiger partial charge in [0.1, 0.15) is 11.4 Å². The standard InChI is InChI=1S/C23H28N2O2/c1-5-24(16-18-11-9-8-10-12-18)23(26)22-17(4)20-15-19(27-7-3)13-14-21(20)25(22)6-2/h8-15H,5-7,16H2,1-4H3. The summed E-state index contributed by atoms with van der Waals surface area (Å²) in [4.78, 5) is 15.3. The molecule has 0 atom stereocenters. The van der Waals surface area contributed by atoms with Crippen LogP contribution in [0.4, 0.5) is 0 Å². The van der Waals surface area contributed by atoms with E-state index in [1.165, 1.54) is 0 Å². The van der Waals surface area contributed by atoms with Crippen LogP contribution in [0.5, 0.6) is 5.75 Å². The average Bonchev–Trinajstić information content (AvgIpc) is 2.98. The molecule has 0 unspecified atom stereocenters. The van der Waals surface area contributed by atoms with Crippen molar-refractivity contribution in [1.82, 2.24) is 9.47 Å². The van der Waals surface area contributed by atoms with E-state index in [0.29, 0.717) is 19.7 Å². The minimum Gasteiger partial charge on any atom is -0.494 e. The Morgan fingerprint density at radius 1 is 1.07 bits per heavy atom. The van der Waals surface area contributed by atoms with E-state index in [2.05, 4.69) is 29.7 Å². The van der Waals surface area contributed by atoms with Crippen LogP contribution in [0, 0.1) is 6.92 Å². The van der Waals surface area contributed by atoms with Gasteiger partial charge >= 0.3 is 0 Å². The maximum atomic E-state index is 13.4. The Labute approximate surface area is 161 Å². The van der Waals surface area contributed by atoms with Gasteiger partial charge in [0, 0.05) is 30.5 Å². The minimum atomic E-state index is 0.0786. The van der Waals surface area contributed by atoms with E-state index in [1.807, 2.05) is 56.0 Å². The molecule has 0 aliphatic rings. The molecule has 2 aromatic carbocycles. The smallest absolute Gasteiger partial charge is 0.271 e. The third-order valence-electron chi connectivity index (χ3n) is 5.00. The highest BCUT2D eigenvalue weighted by atomic mass is 16.5. The predicted molar refractivity (Wildman–Crippen MR) is 110 cm³/mol. The van der Waals surface area contributed by atoms with Crippen LogP contribution in [0.3, 0.4) is 0 Å². The van der Waals surface area contributed by atoms with E-state index in [-0.39, 0.29) is 5.91 Å². The number of aromatic nitrogens is 1. The molecule has 0 spiro atoms. The lowest BCUT2D eigenvalue weighted by Crippen LogP contribution is -2.32. The van der Waals surface area contributed by atoms with Gasteiger partial charge in [0.15, 0.2) is 0 Å². The van der Waals surface area contributed by atoms with Gasteiger partial charge in [0.05, 0.1) is 6.61 Å². The Bertz CT molecular complexity index is 928. The molecule has 0 saturated carbocycles. The maximum absolute atomic E-state index is 13.4.